The van der Waals surface area contributed by atoms with Crippen molar-refractivity contribution in [2.75, 3.05) is 0 Å². The van der Waals surface area contributed by atoms with Gasteiger partial charge < -0.3 is 5.11 Å². The van der Waals surface area contributed by atoms with Crippen LogP contribution in [0, 0.1) is 23.7 Å². The topological polar surface area (TPSA) is 80.7 Å². The summed E-state index contributed by atoms with van der Waals surface area (Å²) >= 11 is 0. The van der Waals surface area contributed by atoms with Crippen LogP contribution >= 0.6 is 0 Å². The number of alkyl halides is 4. The van der Waals surface area contributed by atoms with Gasteiger partial charge in [-0.3, -0.25) is 8.98 Å². The van der Waals surface area contributed by atoms with Crippen LogP contribution in [0.4, 0.5) is 17.6 Å². The van der Waals surface area contributed by atoms with Crippen molar-refractivity contribution < 1.29 is 40.1 Å². The second-order valence-corrected chi connectivity index (χ2v) is 9.17. The summed E-state index contributed by atoms with van der Waals surface area (Å²) in [5.41, 5.74) is 0. The van der Waals surface area contributed by atoms with Crippen LogP contribution in [-0.2, 0) is 19.1 Å². The number of carboxylic acids is 1. The lowest BCUT2D eigenvalue weighted by Gasteiger charge is -2.53. The molecule has 25 heavy (non-hydrogen) atoms. The van der Waals surface area contributed by atoms with Crippen LogP contribution in [-0.4, -0.2) is 36.8 Å². The molecule has 0 radical (unpaired) electrons. The maximum Gasteiger partial charge on any atom is 0.431 e. The summed E-state index contributed by atoms with van der Waals surface area (Å²) in [5.74, 6) is -6.26. The molecule has 0 amide bonds. The average Bonchev–Trinajstić information content (AvgIpc) is 2.48. The maximum atomic E-state index is 14.0. The number of aliphatic carboxylic acids is 1. The third-order valence-corrected chi connectivity index (χ3v) is 7.17. The predicted molar refractivity (Wildman–Crippen MR) is 77.6 cm³/mol. The molecule has 0 aromatic carbocycles. The van der Waals surface area contributed by atoms with Crippen molar-refractivity contribution in [3.05, 3.63) is 0 Å². The van der Waals surface area contributed by atoms with E-state index in [9.17, 15) is 30.8 Å². The largest absolute Gasteiger partial charge is 0.481 e. The zero-order valence-electron chi connectivity index (χ0n) is 13.3. The molecular formula is C15H20F4O5S. The molecule has 4 aliphatic rings. The van der Waals surface area contributed by atoms with E-state index < -0.39 is 46.2 Å². The van der Waals surface area contributed by atoms with Gasteiger partial charge in [0.05, 0.1) is 12.5 Å². The molecule has 0 aromatic rings. The molecule has 4 bridgehead atoms. The zero-order valence-corrected chi connectivity index (χ0v) is 14.2. The van der Waals surface area contributed by atoms with Crippen LogP contribution in [0.25, 0.3) is 0 Å². The van der Waals surface area contributed by atoms with Crippen LogP contribution in [0.15, 0.2) is 0 Å². The van der Waals surface area contributed by atoms with Gasteiger partial charge in [-0.05, 0) is 55.8 Å². The van der Waals surface area contributed by atoms with Gasteiger partial charge in [-0.25, -0.2) is 0 Å². The maximum absolute atomic E-state index is 14.0. The molecular weight excluding hydrogens is 368 g/mol. The van der Waals surface area contributed by atoms with Crippen LogP contribution in [0.3, 0.4) is 0 Å². The fraction of sp³-hybridized carbons (Fsp3) is 0.933. The second-order valence-electron chi connectivity index (χ2n) is 7.56. The Kier molecular flexibility index (Phi) is 4.59. The normalized spacial score (nSPS) is 35.1. The Hall–Kier alpha value is -0.900. The number of hydrogen-bond acceptors (Lipinski definition) is 4. The first-order chi connectivity index (χ1) is 11.4. The number of rotatable bonds is 7. The lowest BCUT2D eigenvalue weighted by molar-refractivity contribution is -0.174. The van der Waals surface area contributed by atoms with E-state index in [1.165, 1.54) is 0 Å². The highest BCUT2D eigenvalue weighted by molar-refractivity contribution is 7.87. The van der Waals surface area contributed by atoms with Crippen LogP contribution in [0.2, 0.25) is 0 Å². The monoisotopic (exact) mass is 388 g/mol. The molecule has 0 spiro atoms. The summed E-state index contributed by atoms with van der Waals surface area (Å²) in [6, 6.07) is 0. The van der Waals surface area contributed by atoms with Crippen molar-refractivity contribution in [2.24, 2.45) is 23.7 Å². The predicted octanol–water partition coefficient (Wildman–Crippen LogP) is 3.25. The van der Waals surface area contributed by atoms with Crippen LogP contribution in [0.1, 0.15) is 44.9 Å². The van der Waals surface area contributed by atoms with E-state index in [0.29, 0.717) is 37.5 Å². The Morgan fingerprint density at radius 2 is 1.48 bits per heavy atom. The minimum absolute atomic E-state index is 0.200. The van der Waals surface area contributed by atoms with Crippen molar-refractivity contribution in [3.8, 4) is 0 Å². The lowest BCUT2D eigenvalue weighted by atomic mass is 9.55. The first-order valence-electron chi connectivity index (χ1n) is 8.33. The third-order valence-electron chi connectivity index (χ3n) is 5.77. The zero-order chi connectivity index (χ0) is 18.6. The van der Waals surface area contributed by atoms with Crippen molar-refractivity contribution in [3.63, 3.8) is 0 Å². The molecule has 4 aliphatic carbocycles. The van der Waals surface area contributed by atoms with E-state index in [1.807, 2.05) is 0 Å². The summed E-state index contributed by atoms with van der Waals surface area (Å²) in [6.45, 7) is 0. The number of carbonyl (C=O) groups is 1. The highest BCUT2D eigenvalue weighted by atomic mass is 32.2. The average molecular weight is 388 g/mol. The summed E-state index contributed by atoms with van der Waals surface area (Å²) < 4.78 is 83.9. The summed E-state index contributed by atoms with van der Waals surface area (Å²) in [7, 11) is -5.89. The van der Waals surface area contributed by atoms with Gasteiger partial charge in [0.25, 0.3) is 0 Å². The molecule has 10 heteroatoms. The molecule has 0 heterocycles. The molecule has 5 nitrogen and oxygen atoms in total. The number of hydrogen-bond donors (Lipinski definition) is 1. The Balaban J connectivity index is 1.75. The fourth-order valence-electron chi connectivity index (χ4n) is 4.83. The van der Waals surface area contributed by atoms with Gasteiger partial charge in [0, 0.05) is 6.42 Å². The molecule has 4 saturated carbocycles. The van der Waals surface area contributed by atoms with Crippen molar-refractivity contribution in [1.82, 2.24) is 0 Å². The van der Waals surface area contributed by atoms with Crippen molar-refractivity contribution >= 4 is 16.1 Å². The number of halogens is 4. The van der Waals surface area contributed by atoms with E-state index in [2.05, 4.69) is 4.18 Å². The Morgan fingerprint density at radius 1 is 1.00 bits per heavy atom. The SMILES string of the molecule is O=C(O)CCC(F)(F)C(F)(F)S(=O)(=O)OC1C2CC3CC(C2)CC1C3. The summed E-state index contributed by atoms with van der Waals surface area (Å²) in [5, 5.41) is 2.92. The summed E-state index contributed by atoms with van der Waals surface area (Å²) in [6.07, 6.45) is -0.282. The van der Waals surface area contributed by atoms with Crippen molar-refractivity contribution in [2.45, 2.75) is 62.2 Å². The number of carboxylic acid groups (broad SMARTS) is 1. The minimum Gasteiger partial charge on any atom is -0.481 e. The van der Waals surface area contributed by atoms with E-state index in [-0.39, 0.29) is 11.8 Å². The molecule has 0 atom stereocenters. The molecule has 0 saturated heterocycles. The van der Waals surface area contributed by atoms with E-state index in [4.69, 9.17) is 5.11 Å². The molecule has 4 rings (SSSR count). The standard InChI is InChI=1S/C15H20F4O5S/c16-14(17,2-1-12(20)21)15(18,19)25(22,23)24-13-10-4-8-3-9(6-10)7-11(13)5-8/h8-11,13H,1-7H2,(H,20,21). The Labute approximate surface area is 142 Å². The van der Waals surface area contributed by atoms with Crippen LogP contribution in [0.5, 0.6) is 0 Å². The van der Waals surface area contributed by atoms with Gasteiger partial charge in [-0.1, -0.05) is 0 Å². The summed E-state index contributed by atoms with van der Waals surface area (Å²) in [4.78, 5) is 10.3. The van der Waals surface area contributed by atoms with Gasteiger partial charge in [0.2, 0.25) is 0 Å². The first kappa shape index (κ1) is 18.9. The van der Waals surface area contributed by atoms with Gasteiger partial charge >= 0.3 is 27.3 Å². The van der Waals surface area contributed by atoms with Gasteiger partial charge in [-0.2, -0.15) is 26.0 Å². The Morgan fingerprint density at radius 3 is 1.92 bits per heavy atom. The van der Waals surface area contributed by atoms with Gasteiger partial charge in [0.1, 0.15) is 0 Å². The van der Waals surface area contributed by atoms with E-state index >= 15 is 0 Å². The van der Waals surface area contributed by atoms with E-state index in [1.54, 1.807) is 0 Å². The van der Waals surface area contributed by atoms with Crippen LogP contribution < -0.4 is 0 Å². The first-order valence-corrected chi connectivity index (χ1v) is 9.74. The molecule has 4 fully saturated rings. The Bertz CT molecular complexity index is 620. The third kappa shape index (κ3) is 3.27. The molecule has 0 aromatic heterocycles. The smallest absolute Gasteiger partial charge is 0.431 e. The molecule has 144 valence electrons. The second kappa shape index (κ2) is 6.07. The minimum atomic E-state index is -5.89. The van der Waals surface area contributed by atoms with Gasteiger partial charge in [-0.15, -0.1) is 0 Å². The van der Waals surface area contributed by atoms with E-state index in [0.717, 1.165) is 6.42 Å². The highest BCUT2D eigenvalue weighted by Crippen LogP contribution is 2.56. The quantitative estimate of drug-likeness (QED) is 0.535. The molecule has 0 unspecified atom stereocenters. The molecule has 0 aliphatic heterocycles. The fourth-order valence-corrected chi connectivity index (χ4v) is 6.03. The van der Waals surface area contributed by atoms with Gasteiger partial charge in [0.15, 0.2) is 0 Å². The molecule has 1 N–H and O–H groups in total. The van der Waals surface area contributed by atoms with Crippen molar-refractivity contribution in [1.29, 1.82) is 0 Å². The highest BCUT2D eigenvalue weighted by Gasteiger charge is 2.67. The lowest BCUT2D eigenvalue weighted by Crippen LogP contribution is -2.54.